The van der Waals surface area contributed by atoms with Gasteiger partial charge in [0.05, 0.1) is 5.69 Å². The number of thiazole rings is 1. The zero-order valence-electron chi connectivity index (χ0n) is 12.1. The molecule has 0 spiro atoms. The minimum Gasteiger partial charge on any atom is -0.345 e. The molecule has 3 atom stereocenters. The molecule has 0 amide bonds. The first-order valence-corrected chi connectivity index (χ1v) is 8.10. The van der Waals surface area contributed by atoms with Crippen LogP contribution in [-0.4, -0.2) is 42.1 Å². The lowest BCUT2D eigenvalue weighted by Gasteiger charge is -2.42. The lowest BCUT2D eigenvalue weighted by molar-refractivity contribution is 0.170. The van der Waals surface area contributed by atoms with E-state index in [9.17, 15) is 0 Å². The van der Waals surface area contributed by atoms with Gasteiger partial charge in [-0.3, -0.25) is 4.90 Å². The minimum absolute atomic E-state index is 0.163. The Balaban J connectivity index is 1.83. The number of nitrogens with two attached hydrogens (primary N) is 1. The third kappa shape index (κ3) is 2.39. The quantitative estimate of drug-likeness (QED) is 0.855. The Bertz CT molecular complexity index is 446. The summed E-state index contributed by atoms with van der Waals surface area (Å²) in [5.41, 5.74) is 7.36. The summed E-state index contributed by atoms with van der Waals surface area (Å²) >= 11 is 1.87. The van der Waals surface area contributed by atoms with Crippen LogP contribution in [0.15, 0.2) is 0 Å². The van der Waals surface area contributed by atoms with E-state index < -0.39 is 0 Å². The molecule has 1 fully saturated rings. The van der Waals surface area contributed by atoms with E-state index in [2.05, 4.69) is 30.7 Å². The summed E-state index contributed by atoms with van der Waals surface area (Å²) in [6.07, 6.45) is 3.47. The van der Waals surface area contributed by atoms with E-state index >= 15 is 0 Å². The maximum Gasteiger partial charge on any atom is 0.185 e. The molecular formula is C14H24N4S. The highest BCUT2D eigenvalue weighted by molar-refractivity contribution is 7.15. The van der Waals surface area contributed by atoms with Crippen molar-refractivity contribution in [3.05, 3.63) is 10.6 Å². The molecule has 0 radical (unpaired) electrons. The molecule has 0 aromatic carbocycles. The smallest absolute Gasteiger partial charge is 0.185 e. The maximum atomic E-state index is 6.18. The van der Waals surface area contributed by atoms with E-state index in [-0.39, 0.29) is 6.04 Å². The van der Waals surface area contributed by atoms with Gasteiger partial charge in [-0.1, -0.05) is 0 Å². The molecule has 5 heteroatoms. The van der Waals surface area contributed by atoms with Crippen molar-refractivity contribution in [3.63, 3.8) is 0 Å². The summed E-state index contributed by atoms with van der Waals surface area (Å²) in [5.74, 6) is 0. The number of aryl methyl sites for hydroxylation is 1. The van der Waals surface area contributed by atoms with E-state index in [1.807, 2.05) is 11.3 Å². The highest BCUT2D eigenvalue weighted by Gasteiger charge is 2.30. The molecule has 4 nitrogen and oxygen atoms in total. The van der Waals surface area contributed by atoms with Gasteiger partial charge in [0.2, 0.25) is 0 Å². The van der Waals surface area contributed by atoms with E-state index in [4.69, 9.17) is 10.7 Å². The zero-order valence-corrected chi connectivity index (χ0v) is 12.9. The van der Waals surface area contributed by atoms with Crippen LogP contribution in [0.3, 0.4) is 0 Å². The van der Waals surface area contributed by atoms with Crippen molar-refractivity contribution in [2.24, 2.45) is 5.73 Å². The Morgan fingerprint density at radius 1 is 1.26 bits per heavy atom. The average molecular weight is 280 g/mol. The van der Waals surface area contributed by atoms with Crippen LogP contribution < -0.4 is 10.6 Å². The second kappa shape index (κ2) is 5.04. The van der Waals surface area contributed by atoms with Crippen LogP contribution in [0.1, 0.15) is 43.3 Å². The van der Waals surface area contributed by atoms with Gasteiger partial charge < -0.3 is 10.6 Å². The Morgan fingerprint density at radius 2 is 1.95 bits per heavy atom. The van der Waals surface area contributed by atoms with Crippen molar-refractivity contribution < 1.29 is 0 Å². The molecule has 1 aromatic rings. The second-order valence-electron chi connectivity index (χ2n) is 6.07. The number of nitrogens with zero attached hydrogens (tertiary/aromatic N) is 3. The minimum atomic E-state index is 0.163. The molecule has 2 heterocycles. The molecule has 2 N–H and O–H groups in total. The SMILES string of the molecule is CC1CN(c2nc3c(s2)CCCC3N)CC(C)N1C. The first-order valence-electron chi connectivity index (χ1n) is 7.28. The summed E-state index contributed by atoms with van der Waals surface area (Å²) in [7, 11) is 2.22. The molecule has 106 valence electrons. The standard InChI is InChI=1S/C14H24N4S/c1-9-7-18(8-10(2)17(9)3)14-16-13-11(15)5-4-6-12(13)19-14/h9-11H,4-8,15H2,1-3H3. The Labute approximate surface area is 119 Å². The summed E-state index contributed by atoms with van der Waals surface area (Å²) < 4.78 is 0. The highest BCUT2D eigenvalue weighted by Crippen LogP contribution is 2.36. The lowest BCUT2D eigenvalue weighted by atomic mass is 9.99. The number of likely N-dealkylation sites (N-methyl/N-ethyl adjacent to an activating group) is 1. The van der Waals surface area contributed by atoms with E-state index in [0.717, 1.165) is 19.5 Å². The molecule has 1 saturated heterocycles. The van der Waals surface area contributed by atoms with Crippen LogP contribution in [0.4, 0.5) is 5.13 Å². The van der Waals surface area contributed by atoms with Crippen molar-refractivity contribution in [1.29, 1.82) is 0 Å². The molecule has 0 bridgehead atoms. The number of fused-ring (bicyclic) bond motifs is 1. The topological polar surface area (TPSA) is 45.4 Å². The van der Waals surface area contributed by atoms with Gasteiger partial charge >= 0.3 is 0 Å². The summed E-state index contributed by atoms with van der Waals surface area (Å²) in [6.45, 7) is 6.73. The number of aromatic nitrogens is 1. The van der Waals surface area contributed by atoms with Gasteiger partial charge in [0.1, 0.15) is 0 Å². The summed E-state index contributed by atoms with van der Waals surface area (Å²) in [4.78, 5) is 11.2. The fourth-order valence-corrected chi connectivity index (χ4v) is 4.33. The van der Waals surface area contributed by atoms with E-state index in [1.54, 1.807) is 0 Å². The van der Waals surface area contributed by atoms with Gasteiger partial charge in [0, 0.05) is 36.1 Å². The first kappa shape index (κ1) is 13.3. The maximum absolute atomic E-state index is 6.18. The van der Waals surface area contributed by atoms with Crippen LogP contribution in [0.25, 0.3) is 0 Å². The number of piperazine rings is 1. The predicted octanol–water partition coefficient (Wildman–Crippen LogP) is 2.01. The molecule has 19 heavy (non-hydrogen) atoms. The van der Waals surface area contributed by atoms with Crippen molar-refractivity contribution in [1.82, 2.24) is 9.88 Å². The van der Waals surface area contributed by atoms with Crippen molar-refractivity contribution >= 4 is 16.5 Å². The third-order valence-electron chi connectivity index (χ3n) is 4.62. The van der Waals surface area contributed by atoms with Gasteiger partial charge in [0.25, 0.3) is 0 Å². The van der Waals surface area contributed by atoms with Crippen LogP contribution in [0, 0.1) is 0 Å². The largest absolute Gasteiger partial charge is 0.345 e. The average Bonchev–Trinajstić information content (AvgIpc) is 2.81. The number of anilines is 1. The first-order chi connectivity index (χ1) is 9.06. The molecular weight excluding hydrogens is 256 g/mol. The molecule has 0 saturated carbocycles. The van der Waals surface area contributed by atoms with Crippen molar-refractivity contribution in [3.8, 4) is 0 Å². The van der Waals surface area contributed by atoms with Gasteiger partial charge in [-0.2, -0.15) is 0 Å². The van der Waals surface area contributed by atoms with Crippen LogP contribution in [0.5, 0.6) is 0 Å². The Kier molecular flexibility index (Phi) is 3.53. The number of hydrogen-bond donors (Lipinski definition) is 1. The third-order valence-corrected chi connectivity index (χ3v) is 5.81. The zero-order chi connectivity index (χ0) is 13.6. The summed E-state index contributed by atoms with van der Waals surface area (Å²) in [6, 6.07) is 1.33. The molecule has 1 aromatic heterocycles. The molecule has 1 aliphatic heterocycles. The van der Waals surface area contributed by atoms with Crippen LogP contribution in [-0.2, 0) is 6.42 Å². The van der Waals surface area contributed by atoms with E-state index in [1.165, 1.54) is 28.5 Å². The molecule has 2 aliphatic rings. The molecule has 3 unspecified atom stereocenters. The Morgan fingerprint density at radius 3 is 2.58 bits per heavy atom. The number of hydrogen-bond acceptors (Lipinski definition) is 5. The molecule has 1 aliphatic carbocycles. The number of rotatable bonds is 1. The van der Waals surface area contributed by atoms with E-state index in [0.29, 0.717) is 12.1 Å². The monoisotopic (exact) mass is 280 g/mol. The fourth-order valence-electron chi connectivity index (χ4n) is 3.13. The summed E-state index contributed by atoms with van der Waals surface area (Å²) in [5, 5.41) is 1.19. The van der Waals surface area contributed by atoms with Gasteiger partial charge in [-0.15, -0.1) is 11.3 Å². The normalized spacial score (nSPS) is 32.4. The van der Waals surface area contributed by atoms with Gasteiger partial charge in [0.15, 0.2) is 5.13 Å². The lowest BCUT2D eigenvalue weighted by Crippen LogP contribution is -2.55. The second-order valence-corrected chi connectivity index (χ2v) is 7.13. The van der Waals surface area contributed by atoms with Crippen molar-refractivity contribution in [2.75, 3.05) is 25.0 Å². The fraction of sp³-hybridized carbons (Fsp3) is 0.786. The Hall–Kier alpha value is -0.650. The predicted molar refractivity (Wildman–Crippen MR) is 80.9 cm³/mol. The van der Waals surface area contributed by atoms with Crippen LogP contribution >= 0.6 is 11.3 Å². The molecule has 3 rings (SSSR count). The van der Waals surface area contributed by atoms with Crippen LogP contribution in [0.2, 0.25) is 0 Å². The van der Waals surface area contributed by atoms with Gasteiger partial charge in [-0.05, 0) is 40.2 Å². The highest BCUT2D eigenvalue weighted by atomic mass is 32.1. The van der Waals surface area contributed by atoms with Gasteiger partial charge in [-0.25, -0.2) is 4.98 Å². The van der Waals surface area contributed by atoms with Crippen molar-refractivity contribution in [2.45, 2.75) is 51.2 Å².